The molecule has 3 N–H and O–H groups in total. The monoisotopic (exact) mass is 297 g/mol. The number of carboxylic acid groups (broad SMARTS) is 1. The van der Waals surface area contributed by atoms with E-state index in [4.69, 9.17) is 10.2 Å². The number of nitrogens with one attached hydrogen (secondary N) is 1. The van der Waals surface area contributed by atoms with Gasteiger partial charge in [-0.2, -0.15) is 0 Å². The molecule has 1 unspecified atom stereocenters. The molecular formula is C13H12FNO4S. The van der Waals surface area contributed by atoms with Crippen LogP contribution in [0.2, 0.25) is 0 Å². The minimum Gasteiger partial charge on any atom is -0.479 e. The van der Waals surface area contributed by atoms with Crippen molar-refractivity contribution in [2.24, 2.45) is 0 Å². The van der Waals surface area contributed by atoms with E-state index < -0.39 is 30.3 Å². The Morgan fingerprint density at radius 2 is 2.15 bits per heavy atom. The van der Waals surface area contributed by atoms with Gasteiger partial charge in [0.1, 0.15) is 5.82 Å². The van der Waals surface area contributed by atoms with Crippen molar-refractivity contribution >= 4 is 33.3 Å². The first kappa shape index (κ1) is 14.4. The van der Waals surface area contributed by atoms with Crippen molar-refractivity contribution in [1.29, 1.82) is 0 Å². The first-order valence-corrected chi connectivity index (χ1v) is 6.60. The molecule has 0 aliphatic heterocycles. The molecule has 2 rings (SSSR count). The quantitative estimate of drug-likeness (QED) is 0.798. The molecule has 0 aliphatic carbocycles. The summed E-state index contributed by atoms with van der Waals surface area (Å²) in [7, 11) is 0. The lowest BCUT2D eigenvalue weighted by atomic mass is 10.1. The Morgan fingerprint density at radius 3 is 2.75 bits per heavy atom. The molecule has 0 bridgehead atoms. The lowest BCUT2D eigenvalue weighted by Crippen LogP contribution is -2.36. The summed E-state index contributed by atoms with van der Waals surface area (Å²) in [6, 6.07) is 4.58. The molecule has 106 valence electrons. The van der Waals surface area contributed by atoms with Crippen molar-refractivity contribution in [3.63, 3.8) is 0 Å². The summed E-state index contributed by atoms with van der Waals surface area (Å²) in [6.45, 7) is 1.23. The van der Waals surface area contributed by atoms with Gasteiger partial charge in [-0.1, -0.05) is 6.07 Å². The SMILES string of the molecule is Cc1c(C(=O)NCC(O)C(=O)O)sc2cccc(F)c12. The molecule has 2 aromatic rings. The number of carboxylic acids is 1. The third-order valence-corrected chi connectivity index (χ3v) is 4.11. The standard InChI is InChI=1S/C13H12FNO4S/c1-6-10-7(14)3-2-4-9(10)20-11(6)12(17)15-5-8(16)13(18)19/h2-4,8,16H,5H2,1H3,(H,15,17)(H,18,19). The smallest absolute Gasteiger partial charge is 0.334 e. The van der Waals surface area contributed by atoms with Crippen LogP contribution in [-0.4, -0.2) is 34.7 Å². The largest absolute Gasteiger partial charge is 0.479 e. The number of benzene rings is 1. The van der Waals surface area contributed by atoms with Crippen LogP contribution in [0, 0.1) is 12.7 Å². The molecule has 0 radical (unpaired) electrons. The summed E-state index contributed by atoms with van der Waals surface area (Å²) in [5.74, 6) is -2.34. The molecule has 1 heterocycles. The molecule has 0 saturated heterocycles. The predicted octanol–water partition coefficient (Wildman–Crippen LogP) is 1.52. The highest BCUT2D eigenvalue weighted by molar-refractivity contribution is 7.21. The molecule has 0 saturated carbocycles. The highest BCUT2D eigenvalue weighted by Crippen LogP contribution is 2.32. The van der Waals surface area contributed by atoms with Crippen LogP contribution in [0.5, 0.6) is 0 Å². The van der Waals surface area contributed by atoms with E-state index in [0.717, 1.165) is 11.3 Å². The zero-order valence-electron chi connectivity index (χ0n) is 10.5. The van der Waals surface area contributed by atoms with Gasteiger partial charge in [0.05, 0.1) is 11.4 Å². The van der Waals surface area contributed by atoms with Crippen LogP contribution in [-0.2, 0) is 4.79 Å². The van der Waals surface area contributed by atoms with Crippen LogP contribution in [0.4, 0.5) is 4.39 Å². The average molecular weight is 297 g/mol. The summed E-state index contributed by atoms with van der Waals surface area (Å²) in [6.07, 6.45) is -1.66. The van der Waals surface area contributed by atoms with Gasteiger partial charge in [0, 0.05) is 10.1 Å². The number of fused-ring (bicyclic) bond motifs is 1. The number of hydrogen-bond donors (Lipinski definition) is 3. The zero-order valence-corrected chi connectivity index (χ0v) is 11.3. The van der Waals surface area contributed by atoms with E-state index >= 15 is 0 Å². The topological polar surface area (TPSA) is 86.6 Å². The fourth-order valence-electron chi connectivity index (χ4n) is 1.83. The Hall–Kier alpha value is -1.99. The Kier molecular flexibility index (Phi) is 4.01. The van der Waals surface area contributed by atoms with Gasteiger partial charge in [-0.25, -0.2) is 9.18 Å². The van der Waals surface area contributed by atoms with E-state index in [9.17, 15) is 14.0 Å². The summed E-state index contributed by atoms with van der Waals surface area (Å²) < 4.78 is 14.3. The number of hydrogen-bond acceptors (Lipinski definition) is 4. The van der Waals surface area contributed by atoms with Crippen molar-refractivity contribution in [3.05, 3.63) is 34.5 Å². The van der Waals surface area contributed by atoms with Crippen molar-refractivity contribution in [3.8, 4) is 0 Å². The normalized spacial score (nSPS) is 12.3. The number of halogens is 1. The van der Waals surface area contributed by atoms with Crippen molar-refractivity contribution in [2.75, 3.05) is 6.54 Å². The third-order valence-electron chi connectivity index (χ3n) is 2.85. The molecule has 0 spiro atoms. The second-order valence-electron chi connectivity index (χ2n) is 4.23. The average Bonchev–Trinajstić information content (AvgIpc) is 2.74. The van der Waals surface area contributed by atoms with Crippen LogP contribution >= 0.6 is 11.3 Å². The summed E-state index contributed by atoms with van der Waals surface area (Å²) in [4.78, 5) is 22.7. The second kappa shape index (κ2) is 5.56. The maximum atomic E-state index is 13.7. The van der Waals surface area contributed by atoms with E-state index in [0.29, 0.717) is 20.5 Å². The van der Waals surface area contributed by atoms with Crippen LogP contribution in [0.15, 0.2) is 18.2 Å². The fourth-order valence-corrected chi connectivity index (χ4v) is 2.97. The van der Waals surface area contributed by atoms with Crippen LogP contribution < -0.4 is 5.32 Å². The van der Waals surface area contributed by atoms with Gasteiger partial charge in [0.2, 0.25) is 0 Å². The molecule has 7 heteroatoms. The number of rotatable bonds is 4. The van der Waals surface area contributed by atoms with Gasteiger partial charge in [0.25, 0.3) is 5.91 Å². The maximum Gasteiger partial charge on any atom is 0.334 e. The maximum absolute atomic E-state index is 13.7. The Balaban J connectivity index is 2.25. The Bertz CT molecular complexity index is 682. The molecule has 20 heavy (non-hydrogen) atoms. The van der Waals surface area contributed by atoms with Crippen molar-refractivity contribution in [1.82, 2.24) is 5.32 Å². The van der Waals surface area contributed by atoms with E-state index in [2.05, 4.69) is 5.32 Å². The number of carbonyl (C=O) groups is 2. The zero-order chi connectivity index (χ0) is 14.9. The first-order valence-electron chi connectivity index (χ1n) is 5.78. The molecule has 1 aromatic heterocycles. The molecule has 5 nitrogen and oxygen atoms in total. The van der Waals surface area contributed by atoms with Gasteiger partial charge >= 0.3 is 5.97 Å². The lowest BCUT2D eigenvalue weighted by molar-refractivity contribution is -0.146. The number of thiophene rings is 1. The van der Waals surface area contributed by atoms with Gasteiger partial charge in [-0.15, -0.1) is 11.3 Å². The van der Waals surface area contributed by atoms with E-state index in [1.54, 1.807) is 19.1 Å². The number of carbonyl (C=O) groups excluding carboxylic acids is 1. The van der Waals surface area contributed by atoms with Gasteiger partial charge < -0.3 is 15.5 Å². The highest BCUT2D eigenvalue weighted by Gasteiger charge is 2.20. The van der Waals surface area contributed by atoms with Crippen LogP contribution in [0.3, 0.4) is 0 Å². The third kappa shape index (κ3) is 2.63. The molecule has 0 fully saturated rings. The number of aliphatic carboxylic acids is 1. The number of amides is 1. The minimum absolute atomic E-state index is 0.308. The van der Waals surface area contributed by atoms with Crippen molar-refractivity contribution in [2.45, 2.75) is 13.0 Å². The second-order valence-corrected chi connectivity index (χ2v) is 5.29. The minimum atomic E-state index is -1.66. The molecular weight excluding hydrogens is 285 g/mol. The molecule has 0 aliphatic rings. The van der Waals surface area contributed by atoms with E-state index in [1.165, 1.54) is 6.07 Å². The Morgan fingerprint density at radius 1 is 1.45 bits per heavy atom. The summed E-state index contributed by atoms with van der Waals surface area (Å²) >= 11 is 1.13. The van der Waals surface area contributed by atoms with Gasteiger partial charge in [0.15, 0.2) is 6.10 Å². The predicted molar refractivity (Wildman–Crippen MR) is 72.5 cm³/mol. The van der Waals surface area contributed by atoms with E-state index in [1.807, 2.05) is 0 Å². The van der Waals surface area contributed by atoms with Crippen LogP contribution in [0.25, 0.3) is 10.1 Å². The molecule has 1 aromatic carbocycles. The highest BCUT2D eigenvalue weighted by atomic mass is 32.1. The van der Waals surface area contributed by atoms with Gasteiger partial charge in [-0.3, -0.25) is 4.79 Å². The Labute approximate surface area is 117 Å². The molecule has 1 atom stereocenters. The number of aryl methyl sites for hydroxylation is 1. The van der Waals surface area contributed by atoms with Gasteiger partial charge in [-0.05, 0) is 24.6 Å². The van der Waals surface area contributed by atoms with Crippen molar-refractivity contribution < 1.29 is 24.2 Å². The summed E-state index contributed by atoms with van der Waals surface area (Å²) in [5, 5.41) is 20.3. The lowest BCUT2D eigenvalue weighted by Gasteiger charge is -2.07. The van der Waals surface area contributed by atoms with E-state index in [-0.39, 0.29) is 0 Å². The number of aliphatic hydroxyl groups is 1. The van der Waals surface area contributed by atoms with Crippen LogP contribution in [0.1, 0.15) is 15.2 Å². The number of aliphatic hydroxyl groups excluding tert-OH is 1. The fraction of sp³-hybridized carbons (Fsp3) is 0.231. The summed E-state index contributed by atoms with van der Waals surface area (Å²) in [5.41, 5.74) is 0.505. The molecule has 1 amide bonds. The first-order chi connectivity index (χ1) is 9.41.